The van der Waals surface area contributed by atoms with Gasteiger partial charge in [-0.2, -0.15) is 9.41 Å². The average molecular weight is 444 g/mol. The van der Waals surface area contributed by atoms with Crippen molar-refractivity contribution in [1.29, 1.82) is 0 Å². The highest BCUT2D eigenvalue weighted by molar-refractivity contribution is 7.89. The molecule has 2 aromatic carbocycles. The fourth-order valence-electron chi connectivity index (χ4n) is 3.26. The molecule has 0 atom stereocenters. The van der Waals surface area contributed by atoms with Gasteiger partial charge >= 0.3 is 0 Å². The highest BCUT2D eigenvalue weighted by Crippen LogP contribution is 2.18. The van der Waals surface area contributed by atoms with Gasteiger partial charge in [0.25, 0.3) is 5.91 Å². The lowest BCUT2D eigenvalue weighted by Gasteiger charge is -2.33. The molecule has 0 saturated carbocycles. The highest BCUT2D eigenvalue weighted by Gasteiger charge is 2.28. The Hall–Kier alpha value is -2.75. The molecule has 8 nitrogen and oxygen atoms in total. The topological polar surface area (TPSA) is 85.3 Å². The van der Waals surface area contributed by atoms with Gasteiger partial charge in [-0.15, -0.1) is 0 Å². The number of carbonyl (C=O) groups excluding carboxylic acids is 1. The number of carbonyl (C=O) groups is 1. The van der Waals surface area contributed by atoms with E-state index in [0.29, 0.717) is 31.1 Å². The normalized spacial score (nSPS) is 15.8. The minimum absolute atomic E-state index is 0.176. The van der Waals surface area contributed by atoms with E-state index < -0.39 is 10.0 Å². The van der Waals surface area contributed by atoms with Crippen molar-refractivity contribution in [2.45, 2.75) is 11.8 Å². The van der Waals surface area contributed by atoms with E-state index in [-0.39, 0.29) is 12.5 Å². The lowest BCUT2D eigenvalue weighted by molar-refractivity contribution is -0.122. The first-order valence-electron chi connectivity index (χ1n) is 10.1. The van der Waals surface area contributed by atoms with Gasteiger partial charge in [-0.1, -0.05) is 29.8 Å². The lowest BCUT2D eigenvalue weighted by Crippen LogP contribution is -2.50. The third-order valence-corrected chi connectivity index (χ3v) is 7.08. The molecule has 166 valence electrons. The maximum atomic E-state index is 12.8. The van der Waals surface area contributed by atoms with E-state index in [4.69, 9.17) is 0 Å². The van der Waals surface area contributed by atoms with E-state index in [1.54, 1.807) is 30.5 Å². The van der Waals surface area contributed by atoms with Crippen molar-refractivity contribution >= 4 is 27.8 Å². The molecule has 1 saturated heterocycles. The van der Waals surface area contributed by atoms with Gasteiger partial charge < -0.3 is 4.90 Å². The Kier molecular flexibility index (Phi) is 7.42. The monoisotopic (exact) mass is 443 g/mol. The molecular formula is C22H29N5O3S. The van der Waals surface area contributed by atoms with Crippen LogP contribution >= 0.6 is 0 Å². The molecule has 1 fully saturated rings. The maximum absolute atomic E-state index is 12.8. The van der Waals surface area contributed by atoms with Crippen LogP contribution in [0.2, 0.25) is 0 Å². The molecular weight excluding hydrogens is 414 g/mol. The van der Waals surface area contributed by atoms with Crippen molar-refractivity contribution < 1.29 is 13.2 Å². The summed E-state index contributed by atoms with van der Waals surface area (Å²) in [5.74, 6) is -0.226. The SMILES string of the molecule is Cc1ccc(S(=O)(=O)N2CCN(CC(=O)N/N=C/c3ccc(N(C)C)cc3)CC2)cc1. The standard InChI is InChI=1S/C22H29N5O3S/c1-18-4-10-21(11-5-18)31(29,30)27-14-12-26(13-15-27)17-22(28)24-23-16-19-6-8-20(9-7-19)25(2)3/h4-11,16H,12-15,17H2,1-3H3,(H,24,28)/b23-16+. The molecule has 0 spiro atoms. The van der Waals surface area contributed by atoms with Crippen LogP contribution in [0.1, 0.15) is 11.1 Å². The number of nitrogens with one attached hydrogen (secondary N) is 1. The molecule has 1 heterocycles. The summed E-state index contributed by atoms with van der Waals surface area (Å²) in [5, 5.41) is 4.01. The van der Waals surface area contributed by atoms with Crippen LogP contribution in [-0.2, 0) is 14.8 Å². The van der Waals surface area contributed by atoms with E-state index in [9.17, 15) is 13.2 Å². The molecule has 31 heavy (non-hydrogen) atoms. The lowest BCUT2D eigenvalue weighted by atomic mass is 10.2. The summed E-state index contributed by atoms with van der Waals surface area (Å²) in [6.45, 7) is 3.79. The van der Waals surface area contributed by atoms with Crippen molar-refractivity contribution in [1.82, 2.24) is 14.6 Å². The zero-order valence-electron chi connectivity index (χ0n) is 18.2. The molecule has 2 aromatic rings. The number of sulfonamides is 1. The molecule has 0 bridgehead atoms. The second-order valence-electron chi connectivity index (χ2n) is 7.77. The van der Waals surface area contributed by atoms with Crippen molar-refractivity contribution in [2.24, 2.45) is 5.10 Å². The quantitative estimate of drug-likeness (QED) is 0.518. The zero-order chi connectivity index (χ0) is 22.4. The number of hydrogen-bond acceptors (Lipinski definition) is 6. The first-order chi connectivity index (χ1) is 14.8. The molecule has 1 aliphatic heterocycles. The van der Waals surface area contributed by atoms with Crippen LogP contribution in [-0.4, -0.2) is 76.6 Å². The van der Waals surface area contributed by atoms with Crippen molar-refractivity contribution in [3.8, 4) is 0 Å². The summed E-state index contributed by atoms with van der Waals surface area (Å²) in [6.07, 6.45) is 1.60. The number of aryl methyl sites for hydroxylation is 1. The average Bonchev–Trinajstić information content (AvgIpc) is 2.75. The summed E-state index contributed by atoms with van der Waals surface area (Å²) in [7, 11) is 0.442. The van der Waals surface area contributed by atoms with Gasteiger partial charge in [-0.05, 0) is 36.8 Å². The highest BCUT2D eigenvalue weighted by atomic mass is 32.2. The third kappa shape index (κ3) is 6.13. The first-order valence-corrected chi connectivity index (χ1v) is 11.6. The Morgan fingerprint density at radius 1 is 1.03 bits per heavy atom. The summed E-state index contributed by atoms with van der Waals surface area (Å²) in [6, 6.07) is 14.7. The Morgan fingerprint density at radius 3 is 2.23 bits per heavy atom. The zero-order valence-corrected chi connectivity index (χ0v) is 19.0. The van der Waals surface area contributed by atoms with Gasteiger partial charge in [0.15, 0.2) is 0 Å². The second-order valence-corrected chi connectivity index (χ2v) is 9.71. The number of rotatable bonds is 7. The minimum Gasteiger partial charge on any atom is -0.378 e. The number of hydrazone groups is 1. The predicted molar refractivity (Wildman–Crippen MR) is 123 cm³/mol. The van der Waals surface area contributed by atoms with Crippen LogP contribution in [0, 0.1) is 6.92 Å². The van der Waals surface area contributed by atoms with Crippen molar-refractivity contribution in [3.63, 3.8) is 0 Å². The molecule has 0 unspecified atom stereocenters. The van der Waals surface area contributed by atoms with E-state index in [0.717, 1.165) is 16.8 Å². The Bertz CT molecular complexity index is 1010. The number of anilines is 1. The molecule has 0 radical (unpaired) electrons. The van der Waals surface area contributed by atoms with Crippen LogP contribution in [0.15, 0.2) is 58.5 Å². The summed E-state index contributed by atoms with van der Waals surface area (Å²) in [5.41, 5.74) is 5.53. The van der Waals surface area contributed by atoms with Gasteiger partial charge in [-0.3, -0.25) is 9.69 Å². The molecule has 9 heteroatoms. The van der Waals surface area contributed by atoms with Crippen molar-refractivity contribution in [3.05, 3.63) is 59.7 Å². The number of amides is 1. The number of benzene rings is 2. The van der Waals surface area contributed by atoms with E-state index in [1.807, 2.05) is 55.1 Å². The molecule has 1 N–H and O–H groups in total. The van der Waals surface area contributed by atoms with Crippen LogP contribution < -0.4 is 10.3 Å². The van der Waals surface area contributed by atoms with E-state index in [2.05, 4.69) is 10.5 Å². The third-order valence-electron chi connectivity index (χ3n) is 5.17. The number of nitrogens with zero attached hydrogens (tertiary/aromatic N) is 4. The van der Waals surface area contributed by atoms with Gasteiger partial charge in [0.2, 0.25) is 10.0 Å². The molecule has 3 rings (SSSR count). The van der Waals surface area contributed by atoms with E-state index >= 15 is 0 Å². The number of hydrogen-bond donors (Lipinski definition) is 1. The summed E-state index contributed by atoms with van der Waals surface area (Å²) < 4.78 is 27.0. The number of piperazine rings is 1. The van der Waals surface area contributed by atoms with Gasteiger partial charge in [-0.25, -0.2) is 13.8 Å². The fourth-order valence-corrected chi connectivity index (χ4v) is 4.69. The van der Waals surface area contributed by atoms with Crippen molar-refractivity contribution in [2.75, 3.05) is 51.7 Å². The minimum atomic E-state index is -3.50. The molecule has 1 amide bonds. The van der Waals surface area contributed by atoms with Gasteiger partial charge in [0.05, 0.1) is 17.7 Å². The first kappa shape index (κ1) is 22.9. The van der Waals surface area contributed by atoms with Gasteiger partial charge in [0.1, 0.15) is 0 Å². The van der Waals surface area contributed by atoms with Gasteiger partial charge in [0, 0.05) is 46.0 Å². The fraction of sp³-hybridized carbons (Fsp3) is 0.364. The van der Waals surface area contributed by atoms with Crippen LogP contribution in [0.5, 0.6) is 0 Å². The summed E-state index contributed by atoms with van der Waals surface area (Å²) in [4.78, 5) is 16.4. The maximum Gasteiger partial charge on any atom is 0.254 e. The second kappa shape index (κ2) is 10.0. The molecule has 0 aliphatic carbocycles. The smallest absolute Gasteiger partial charge is 0.254 e. The predicted octanol–water partition coefficient (Wildman–Crippen LogP) is 1.52. The van der Waals surface area contributed by atoms with Crippen LogP contribution in [0.25, 0.3) is 0 Å². The Labute approximate surface area is 184 Å². The molecule has 1 aliphatic rings. The largest absolute Gasteiger partial charge is 0.378 e. The molecule has 0 aromatic heterocycles. The summed E-state index contributed by atoms with van der Waals surface area (Å²) >= 11 is 0. The van der Waals surface area contributed by atoms with Crippen LogP contribution in [0.4, 0.5) is 5.69 Å². The Morgan fingerprint density at radius 2 is 1.65 bits per heavy atom. The van der Waals surface area contributed by atoms with Crippen LogP contribution in [0.3, 0.4) is 0 Å². The Balaban J connectivity index is 1.46. The van der Waals surface area contributed by atoms with E-state index in [1.165, 1.54) is 4.31 Å².